The quantitative estimate of drug-likeness (QED) is 0.475. The van der Waals surface area contributed by atoms with Crippen LogP contribution in [-0.4, -0.2) is 28.3 Å². The Kier molecular flexibility index (Phi) is 5.87. The van der Waals surface area contributed by atoms with Crippen molar-refractivity contribution in [1.82, 2.24) is 4.90 Å². The van der Waals surface area contributed by atoms with E-state index < -0.39 is 4.92 Å². The van der Waals surface area contributed by atoms with Crippen LogP contribution in [0.15, 0.2) is 36.9 Å². The van der Waals surface area contributed by atoms with Gasteiger partial charge < -0.3 is 10.6 Å². The zero-order chi connectivity index (χ0) is 16.8. The van der Waals surface area contributed by atoms with Crippen molar-refractivity contribution < 1.29 is 9.72 Å². The van der Waals surface area contributed by atoms with Gasteiger partial charge in [-0.1, -0.05) is 24.6 Å². The molecular formula is C17H23N3O3. The van der Waals surface area contributed by atoms with Gasteiger partial charge >= 0.3 is 0 Å². The molecule has 6 heteroatoms. The predicted molar refractivity (Wildman–Crippen MR) is 88.6 cm³/mol. The van der Waals surface area contributed by atoms with Crippen molar-refractivity contribution in [2.45, 2.75) is 38.3 Å². The van der Waals surface area contributed by atoms with Crippen molar-refractivity contribution in [2.75, 3.05) is 6.54 Å². The number of carbonyl (C=O) groups is 1. The number of hydrogen-bond acceptors (Lipinski definition) is 4. The second kappa shape index (κ2) is 7.87. The Hall–Kier alpha value is -2.21. The monoisotopic (exact) mass is 317 g/mol. The summed E-state index contributed by atoms with van der Waals surface area (Å²) in [6, 6.07) is 6.47. The van der Waals surface area contributed by atoms with Crippen molar-refractivity contribution >= 4 is 11.6 Å². The lowest BCUT2D eigenvalue weighted by Crippen LogP contribution is -2.35. The highest BCUT2D eigenvalue weighted by atomic mass is 16.6. The zero-order valence-corrected chi connectivity index (χ0v) is 13.2. The fraction of sp³-hybridized carbons (Fsp3) is 0.471. The van der Waals surface area contributed by atoms with Gasteiger partial charge in [0.15, 0.2) is 0 Å². The molecule has 0 aromatic heterocycles. The first kappa shape index (κ1) is 17.1. The van der Waals surface area contributed by atoms with Crippen LogP contribution < -0.4 is 5.73 Å². The SMILES string of the molecule is C=CCN(Cc1cccc([N+](=O)[O-])c1)C(=O)C[C@@H]1CCC[C@H]1N. The van der Waals surface area contributed by atoms with Crippen LogP contribution in [0.3, 0.4) is 0 Å². The Labute approximate surface area is 136 Å². The molecule has 0 heterocycles. The van der Waals surface area contributed by atoms with Crippen LogP contribution >= 0.6 is 0 Å². The summed E-state index contributed by atoms with van der Waals surface area (Å²) in [7, 11) is 0. The Morgan fingerprint density at radius 2 is 2.26 bits per heavy atom. The van der Waals surface area contributed by atoms with Gasteiger partial charge in [-0.25, -0.2) is 0 Å². The second-order valence-corrected chi connectivity index (χ2v) is 6.05. The summed E-state index contributed by atoms with van der Waals surface area (Å²) in [5.74, 6) is 0.263. The molecule has 6 nitrogen and oxygen atoms in total. The molecule has 1 aromatic carbocycles. The summed E-state index contributed by atoms with van der Waals surface area (Å²) in [5.41, 5.74) is 6.82. The van der Waals surface area contributed by atoms with E-state index in [0.29, 0.717) is 19.5 Å². The van der Waals surface area contributed by atoms with E-state index in [1.165, 1.54) is 12.1 Å². The van der Waals surface area contributed by atoms with E-state index in [0.717, 1.165) is 24.8 Å². The van der Waals surface area contributed by atoms with Crippen molar-refractivity contribution in [3.63, 3.8) is 0 Å². The molecule has 1 fully saturated rings. The largest absolute Gasteiger partial charge is 0.335 e. The Morgan fingerprint density at radius 3 is 2.87 bits per heavy atom. The van der Waals surface area contributed by atoms with Crippen LogP contribution in [0.5, 0.6) is 0 Å². The molecule has 1 saturated carbocycles. The van der Waals surface area contributed by atoms with Gasteiger partial charge in [0.25, 0.3) is 5.69 Å². The minimum atomic E-state index is -0.430. The van der Waals surface area contributed by atoms with E-state index in [2.05, 4.69) is 6.58 Å². The predicted octanol–water partition coefficient (Wildman–Crippen LogP) is 2.63. The molecule has 0 aliphatic heterocycles. The van der Waals surface area contributed by atoms with Gasteiger partial charge in [0.1, 0.15) is 0 Å². The number of nitrogens with two attached hydrogens (primary N) is 1. The molecular weight excluding hydrogens is 294 g/mol. The summed E-state index contributed by atoms with van der Waals surface area (Å²) < 4.78 is 0. The Bertz CT molecular complexity index is 588. The fourth-order valence-corrected chi connectivity index (χ4v) is 3.07. The first-order valence-electron chi connectivity index (χ1n) is 7.89. The lowest BCUT2D eigenvalue weighted by Gasteiger charge is -2.24. The number of benzene rings is 1. The highest BCUT2D eigenvalue weighted by Gasteiger charge is 2.27. The molecule has 2 atom stereocenters. The number of carbonyl (C=O) groups excluding carboxylic acids is 1. The van der Waals surface area contributed by atoms with E-state index in [-0.39, 0.29) is 23.6 Å². The number of nitro benzene ring substituents is 1. The summed E-state index contributed by atoms with van der Waals surface area (Å²) in [5, 5.41) is 10.9. The van der Waals surface area contributed by atoms with E-state index in [1.807, 2.05) is 0 Å². The maximum absolute atomic E-state index is 12.5. The van der Waals surface area contributed by atoms with Crippen molar-refractivity contribution in [3.8, 4) is 0 Å². The summed E-state index contributed by atoms with van der Waals surface area (Å²) in [6.45, 7) is 4.45. The van der Waals surface area contributed by atoms with Crippen LogP contribution in [0.1, 0.15) is 31.2 Å². The molecule has 0 spiro atoms. The minimum absolute atomic E-state index is 0.0266. The average molecular weight is 317 g/mol. The zero-order valence-electron chi connectivity index (χ0n) is 13.2. The molecule has 2 rings (SSSR count). The molecule has 0 bridgehead atoms. The highest BCUT2D eigenvalue weighted by molar-refractivity contribution is 5.76. The standard InChI is InChI=1S/C17H23N3O3/c1-2-9-19(17(21)11-14-6-4-8-16(14)18)12-13-5-3-7-15(10-13)20(22)23/h2-3,5,7,10,14,16H,1,4,6,8-9,11-12,18H2/t14-,16+/m0/s1. The fourth-order valence-electron chi connectivity index (χ4n) is 3.07. The van der Waals surface area contributed by atoms with E-state index in [4.69, 9.17) is 5.73 Å². The third-order valence-electron chi connectivity index (χ3n) is 4.35. The molecule has 2 N–H and O–H groups in total. The van der Waals surface area contributed by atoms with Gasteiger partial charge in [0, 0.05) is 37.7 Å². The number of nitrogens with zero attached hydrogens (tertiary/aromatic N) is 2. The van der Waals surface area contributed by atoms with Gasteiger partial charge in [-0.2, -0.15) is 0 Å². The molecule has 23 heavy (non-hydrogen) atoms. The van der Waals surface area contributed by atoms with Crippen molar-refractivity contribution in [3.05, 3.63) is 52.6 Å². The molecule has 1 aromatic rings. The number of rotatable bonds is 7. The molecule has 124 valence electrons. The van der Waals surface area contributed by atoms with Crippen molar-refractivity contribution in [1.29, 1.82) is 0 Å². The van der Waals surface area contributed by atoms with Gasteiger partial charge in [-0.05, 0) is 24.3 Å². The van der Waals surface area contributed by atoms with E-state index >= 15 is 0 Å². The van der Waals surface area contributed by atoms with Gasteiger partial charge in [-0.15, -0.1) is 6.58 Å². The molecule has 1 aliphatic rings. The maximum atomic E-state index is 12.5. The van der Waals surface area contributed by atoms with Gasteiger partial charge in [-0.3, -0.25) is 14.9 Å². The van der Waals surface area contributed by atoms with E-state index in [1.54, 1.807) is 23.1 Å². The van der Waals surface area contributed by atoms with Crippen LogP contribution in [0.4, 0.5) is 5.69 Å². The molecule has 0 radical (unpaired) electrons. The molecule has 0 saturated heterocycles. The van der Waals surface area contributed by atoms with Crippen LogP contribution in [-0.2, 0) is 11.3 Å². The third-order valence-corrected chi connectivity index (χ3v) is 4.35. The smallest absolute Gasteiger partial charge is 0.269 e. The minimum Gasteiger partial charge on any atom is -0.335 e. The summed E-state index contributed by atoms with van der Waals surface area (Å²) >= 11 is 0. The normalized spacial score (nSPS) is 20.2. The lowest BCUT2D eigenvalue weighted by atomic mass is 9.99. The first-order chi connectivity index (χ1) is 11.0. The topological polar surface area (TPSA) is 89.5 Å². The summed E-state index contributed by atoms with van der Waals surface area (Å²) in [6.07, 6.45) is 5.15. The number of hydrogen-bond donors (Lipinski definition) is 1. The van der Waals surface area contributed by atoms with Gasteiger partial charge in [0.2, 0.25) is 5.91 Å². The highest BCUT2D eigenvalue weighted by Crippen LogP contribution is 2.27. The maximum Gasteiger partial charge on any atom is 0.269 e. The lowest BCUT2D eigenvalue weighted by molar-refractivity contribution is -0.384. The average Bonchev–Trinajstić information content (AvgIpc) is 2.92. The van der Waals surface area contributed by atoms with Crippen LogP contribution in [0, 0.1) is 16.0 Å². The van der Waals surface area contributed by atoms with Gasteiger partial charge in [0.05, 0.1) is 4.92 Å². The Balaban J connectivity index is 2.05. The molecule has 1 amide bonds. The van der Waals surface area contributed by atoms with E-state index in [9.17, 15) is 14.9 Å². The van der Waals surface area contributed by atoms with Crippen LogP contribution in [0.2, 0.25) is 0 Å². The number of amides is 1. The van der Waals surface area contributed by atoms with Crippen LogP contribution in [0.25, 0.3) is 0 Å². The second-order valence-electron chi connectivity index (χ2n) is 6.05. The number of nitro groups is 1. The third kappa shape index (κ3) is 4.63. The summed E-state index contributed by atoms with van der Waals surface area (Å²) in [4.78, 5) is 24.7. The Morgan fingerprint density at radius 1 is 1.48 bits per heavy atom. The molecule has 0 unspecified atom stereocenters. The first-order valence-corrected chi connectivity index (χ1v) is 7.89. The molecule has 1 aliphatic carbocycles. The van der Waals surface area contributed by atoms with Crippen molar-refractivity contribution in [2.24, 2.45) is 11.7 Å². The number of non-ortho nitro benzene ring substituents is 1.